The molecule has 0 saturated heterocycles. The maximum Gasteiger partial charge on any atom is 0.340 e. The fraction of sp³-hybridized carbons (Fsp3) is 0.200. The van der Waals surface area contributed by atoms with Crippen LogP contribution in [-0.2, 0) is 4.74 Å². The predicted molar refractivity (Wildman–Crippen MR) is 104 cm³/mol. The second-order valence-corrected chi connectivity index (χ2v) is 6.66. The number of carbonyl (C=O) groups is 2. The lowest BCUT2D eigenvalue weighted by molar-refractivity contribution is 0.0601. The third-order valence-electron chi connectivity index (χ3n) is 4.62. The number of terminal acetylenes is 1. The first-order valence-corrected chi connectivity index (χ1v) is 8.77. The summed E-state index contributed by atoms with van der Waals surface area (Å²) in [6.07, 6.45) is 7.37. The number of esters is 1. The van der Waals surface area contributed by atoms with Crippen LogP contribution in [0.25, 0.3) is 11.2 Å². The van der Waals surface area contributed by atoms with Gasteiger partial charge in [-0.3, -0.25) is 4.79 Å². The van der Waals surface area contributed by atoms with E-state index in [4.69, 9.17) is 12.2 Å². The van der Waals surface area contributed by atoms with Crippen LogP contribution in [0.2, 0.25) is 0 Å². The Labute approximate surface area is 164 Å². The average Bonchev–Trinajstić information content (AvgIpc) is 3.47. The van der Waals surface area contributed by atoms with Crippen molar-refractivity contribution in [3.63, 3.8) is 0 Å². The van der Waals surface area contributed by atoms with E-state index in [1.54, 1.807) is 0 Å². The molecule has 0 spiro atoms. The molecule has 1 saturated carbocycles. The number of carbonyl (C=O) groups excluding carboxylic acids is 2. The highest BCUT2D eigenvalue weighted by molar-refractivity contribution is 6.08. The van der Waals surface area contributed by atoms with E-state index < -0.39 is 17.7 Å². The Bertz CT molecular complexity index is 1210. The summed E-state index contributed by atoms with van der Waals surface area (Å²) in [6, 6.07) is 3.49. The number of amides is 1. The Balaban J connectivity index is 1.70. The summed E-state index contributed by atoms with van der Waals surface area (Å²) in [6.45, 7) is 0. The highest BCUT2D eigenvalue weighted by Crippen LogP contribution is 2.39. The van der Waals surface area contributed by atoms with Gasteiger partial charge in [0.15, 0.2) is 5.65 Å². The van der Waals surface area contributed by atoms with E-state index in [1.165, 1.54) is 12.1 Å². The van der Waals surface area contributed by atoms with Crippen LogP contribution >= 0.6 is 0 Å². The summed E-state index contributed by atoms with van der Waals surface area (Å²) < 4.78 is 18.6. The van der Waals surface area contributed by atoms with Crippen LogP contribution in [0.15, 0.2) is 18.2 Å². The molecule has 146 valence electrons. The molecule has 1 aliphatic rings. The van der Waals surface area contributed by atoms with Gasteiger partial charge in [-0.2, -0.15) is 0 Å². The molecule has 1 aromatic carbocycles. The minimum absolute atomic E-state index is 0.00244. The number of nitrogens with zero attached hydrogens (tertiary/aromatic N) is 2. The molecule has 9 heteroatoms. The van der Waals surface area contributed by atoms with E-state index in [-0.39, 0.29) is 22.5 Å². The molecule has 0 unspecified atom stereocenters. The summed E-state index contributed by atoms with van der Waals surface area (Å²) in [5.74, 6) is 1.05. The summed E-state index contributed by atoms with van der Waals surface area (Å²) in [5.41, 5.74) is 6.95. The van der Waals surface area contributed by atoms with Gasteiger partial charge in [0, 0.05) is 5.92 Å². The first-order valence-electron chi connectivity index (χ1n) is 8.77. The lowest BCUT2D eigenvalue weighted by Crippen LogP contribution is -2.17. The minimum Gasteiger partial charge on any atom is -0.465 e. The Morgan fingerprint density at radius 2 is 2.10 bits per heavy atom. The monoisotopic (exact) mass is 393 g/mol. The highest BCUT2D eigenvalue weighted by atomic mass is 19.1. The van der Waals surface area contributed by atoms with Crippen LogP contribution in [0.1, 0.15) is 51.0 Å². The average molecular weight is 393 g/mol. The van der Waals surface area contributed by atoms with Gasteiger partial charge < -0.3 is 20.8 Å². The van der Waals surface area contributed by atoms with Crippen molar-refractivity contribution in [3.8, 4) is 12.3 Å². The standard InChI is InChI=1S/C20H16FN5O3/c1-3-9-6-14(11(7-12(9)21)20(28)29-2)24-19(27)15-8-13(22)16-18(23-15)26-17(25-16)10-4-5-10/h1,6-8,10H,4-5H2,2H3,(H,24,27)(H3,22,23,25,26). The van der Waals surface area contributed by atoms with Crippen LogP contribution in [-0.4, -0.2) is 33.9 Å². The molecule has 4 rings (SSSR count). The van der Waals surface area contributed by atoms with Gasteiger partial charge in [0.05, 0.1) is 29.6 Å². The molecule has 4 N–H and O–H groups in total. The number of halogens is 1. The number of H-pyrrole nitrogens is 1. The fourth-order valence-electron chi connectivity index (χ4n) is 2.95. The predicted octanol–water partition coefficient (Wildman–Crippen LogP) is 2.58. The molecule has 0 aliphatic heterocycles. The van der Waals surface area contributed by atoms with Crippen molar-refractivity contribution in [1.82, 2.24) is 15.0 Å². The number of benzene rings is 1. The summed E-state index contributed by atoms with van der Waals surface area (Å²) in [5, 5.41) is 2.52. The lowest BCUT2D eigenvalue weighted by Gasteiger charge is -2.11. The van der Waals surface area contributed by atoms with Gasteiger partial charge in [0.2, 0.25) is 0 Å². The zero-order chi connectivity index (χ0) is 20.7. The number of aromatic nitrogens is 3. The van der Waals surface area contributed by atoms with E-state index in [9.17, 15) is 14.0 Å². The number of nitrogens with two attached hydrogens (primary N) is 1. The van der Waals surface area contributed by atoms with Crippen molar-refractivity contribution < 1.29 is 18.7 Å². The maximum atomic E-state index is 14.0. The van der Waals surface area contributed by atoms with Crippen molar-refractivity contribution in [1.29, 1.82) is 0 Å². The first-order chi connectivity index (χ1) is 13.9. The van der Waals surface area contributed by atoms with Crippen molar-refractivity contribution in [2.24, 2.45) is 0 Å². The normalized spacial score (nSPS) is 13.1. The number of anilines is 2. The van der Waals surface area contributed by atoms with Crippen molar-refractivity contribution in [2.75, 3.05) is 18.2 Å². The topological polar surface area (TPSA) is 123 Å². The number of methoxy groups -OCH3 is 1. The maximum absolute atomic E-state index is 14.0. The quantitative estimate of drug-likeness (QED) is 0.462. The van der Waals surface area contributed by atoms with Crippen LogP contribution < -0.4 is 11.1 Å². The highest BCUT2D eigenvalue weighted by Gasteiger charge is 2.28. The number of aromatic amines is 1. The number of nitrogen functional groups attached to an aromatic ring is 1. The molecule has 3 aromatic rings. The molecule has 2 heterocycles. The van der Waals surface area contributed by atoms with Crippen molar-refractivity contribution in [2.45, 2.75) is 18.8 Å². The third kappa shape index (κ3) is 3.36. The summed E-state index contributed by atoms with van der Waals surface area (Å²) >= 11 is 0. The molecule has 1 fully saturated rings. The number of imidazole rings is 1. The SMILES string of the molecule is C#Cc1cc(NC(=O)c2cc(N)c3[nH]c(C4CC4)nc3n2)c(C(=O)OC)cc1F. The Morgan fingerprint density at radius 3 is 2.76 bits per heavy atom. The summed E-state index contributed by atoms with van der Waals surface area (Å²) in [7, 11) is 1.14. The largest absolute Gasteiger partial charge is 0.465 e. The van der Waals surface area contributed by atoms with Crippen LogP contribution in [0.4, 0.5) is 15.8 Å². The van der Waals surface area contributed by atoms with Crippen LogP contribution in [0, 0.1) is 18.2 Å². The van der Waals surface area contributed by atoms with Gasteiger partial charge in [-0.05, 0) is 31.0 Å². The fourth-order valence-corrected chi connectivity index (χ4v) is 2.95. The van der Waals surface area contributed by atoms with Crippen LogP contribution in [0.5, 0.6) is 0 Å². The van der Waals surface area contributed by atoms with E-state index in [0.29, 0.717) is 22.8 Å². The van der Waals surface area contributed by atoms with Crippen molar-refractivity contribution >= 4 is 34.4 Å². The summed E-state index contributed by atoms with van der Waals surface area (Å²) in [4.78, 5) is 36.5. The molecule has 1 amide bonds. The first kappa shape index (κ1) is 18.4. The molecule has 8 nitrogen and oxygen atoms in total. The van der Waals surface area contributed by atoms with Gasteiger partial charge in [0.1, 0.15) is 22.9 Å². The van der Waals surface area contributed by atoms with Gasteiger partial charge >= 0.3 is 5.97 Å². The minimum atomic E-state index is -0.827. The molecular formula is C20H16FN5O3. The van der Waals surface area contributed by atoms with Crippen molar-refractivity contribution in [3.05, 3.63) is 46.7 Å². The van der Waals surface area contributed by atoms with E-state index in [0.717, 1.165) is 31.8 Å². The Kier molecular flexibility index (Phi) is 4.39. The van der Waals surface area contributed by atoms with Gasteiger partial charge in [-0.15, -0.1) is 6.42 Å². The van der Waals surface area contributed by atoms with Crippen LogP contribution in [0.3, 0.4) is 0 Å². The molecule has 2 aromatic heterocycles. The smallest absolute Gasteiger partial charge is 0.340 e. The second-order valence-electron chi connectivity index (χ2n) is 6.66. The molecule has 0 radical (unpaired) electrons. The Hall–Kier alpha value is -3.93. The van der Waals surface area contributed by atoms with Gasteiger partial charge in [0.25, 0.3) is 5.91 Å². The van der Waals surface area contributed by atoms with E-state index in [2.05, 4.69) is 30.9 Å². The lowest BCUT2D eigenvalue weighted by atomic mass is 10.1. The molecular weight excluding hydrogens is 377 g/mol. The van der Waals surface area contributed by atoms with Gasteiger partial charge in [-0.1, -0.05) is 5.92 Å². The molecule has 0 bridgehead atoms. The van der Waals surface area contributed by atoms with Gasteiger partial charge in [-0.25, -0.2) is 19.2 Å². The Morgan fingerprint density at radius 1 is 1.34 bits per heavy atom. The number of hydrogen-bond acceptors (Lipinski definition) is 6. The molecule has 1 aliphatic carbocycles. The number of rotatable bonds is 4. The number of pyridine rings is 1. The van der Waals surface area contributed by atoms with E-state index >= 15 is 0 Å². The zero-order valence-corrected chi connectivity index (χ0v) is 15.4. The number of ether oxygens (including phenoxy) is 1. The molecule has 0 atom stereocenters. The molecule has 29 heavy (non-hydrogen) atoms. The number of hydrogen-bond donors (Lipinski definition) is 3. The third-order valence-corrected chi connectivity index (χ3v) is 4.62. The number of nitrogens with one attached hydrogen (secondary N) is 2. The second kappa shape index (κ2) is 6.91. The zero-order valence-electron chi connectivity index (χ0n) is 15.4. The van der Waals surface area contributed by atoms with E-state index in [1.807, 2.05) is 0 Å². The number of fused-ring (bicyclic) bond motifs is 1.